The number of hydrogen-bond acceptors (Lipinski definition) is 4. The summed E-state index contributed by atoms with van der Waals surface area (Å²) in [6.07, 6.45) is 3.71. The maximum absolute atomic E-state index is 9.08. The Balaban J connectivity index is 2.14. The zero-order chi connectivity index (χ0) is 15.4. The van der Waals surface area contributed by atoms with E-state index in [9.17, 15) is 0 Å². The Hall–Kier alpha value is -1.72. The lowest BCUT2D eigenvalue weighted by Gasteiger charge is -2.25. The summed E-state index contributed by atoms with van der Waals surface area (Å²) in [7, 11) is 2.11. The molecule has 0 aliphatic carbocycles. The highest BCUT2D eigenvalue weighted by molar-refractivity contribution is 5.25. The molecule has 21 heavy (non-hydrogen) atoms. The molecule has 0 fully saturated rings. The van der Waals surface area contributed by atoms with Gasteiger partial charge < -0.3 is 5.11 Å². The third-order valence-corrected chi connectivity index (χ3v) is 4.08. The minimum absolute atomic E-state index is 0.114. The van der Waals surface area contributed by atoms with Crippen molar-refractivity contribution in [3.8, 4) is 0 Å². The normalized spacial score (nSPS) is 12.9. The maximum atomic E-state index is 9.08. The maximum Gasteiger partial charge on any atom is 0.0644 e. The Bertz CT molecular complexity index is 579. The van der Waals surface area contributed by atoms with Gasteiger partial charge in [-0.2, -0.15) is 5.10 Å². The van der Waals surface area contributed by atoms with Crippen LogP contribution in [0.5, 0.6) is 0 Å². The van der Waals surface area contributed by atoms with Crippen LogP contribution in [0, 0.1) is 13.8 Å². The summed E-state index contributed by atoms with van der Waals surface area (Å²) in [6, 6.07) is 4.36. The van der Waals surface area contributed by atoms with Crippen LogP contribution >= 0.6 is 0 Å². The van der Waals surface area contributed by atoms with Crippen molar-refractivity contribution in [1.29, 1.82) is 0 Å². The summed E-state index contributed by atoms with van der Waals surface area (Å²) in [4.78, 5) is 6.48. The fraction of sp³-hybridized carbons (Fsp3) is 0.500. The zero-order valence-corrected chi connectivity index (χ0v) is 13.2. The minimum Gasteiger partial charge on any atom is -0.394 e. The number of nitrogens with zero attached hydrogens (tertiary/aromatic N) is 4. The molecule has 2 aromatic heterocycles. The van der Waals surface area contributed by atoms with Crippen LogP contribution in [0.4, 0.5) is 0 Å². The van der Waals surface area contributed by atoms with Crippen molar-refractivity contribution >= 4 is 0 Å². The smallest absolute Gasteiger partial charge is 0.0644 e. The summed E-state index contributed by atoms with van der Waals surface area (Å²) in [6.45, 7) is 7.77. The highest BCUT2D eigenvalue weighted by Gasteiger charge is 2.17. The molecule has 0 saturated heterocycles. The summed E-state index contributed by atoms with van der Waals surface area (Å²) < 4.78 is 1.88. The summed E-state index contributed by atoms with van der Waals surface area (Å²) in [5, 5.41) is 13.6. The second kappa shape index (κ2) is 6.83. The molecule has 114 valence electrons. The molecule has 0 spiro atoms. The van der Waals surface area contributed by atoms with Gasteiger partial charge in [0.25, 0.3) is 0 Å². The Morgan fingerprint density at radius 1 is 1.38 bits per heavy atom. The fourth-order valence-corrected chi connectivity index (χ4v) is 2.54. The lowest BCUT2D eigenvalue weighted by molar-refractivity contribution is 0.251. The van der Waals surface area contributed by atoms with E-state index >= 15 is 0 Å². The minimum atomic E-state index is 0.114. The Morgan fingerprint density at radius 3 is 2.76 bits per heavy atom. The molecule has 2 heterocycles. The second-order valence-corrected chi connectivity index (χ2v) is 5.47. The Labute approximate surface area is 126 Å². The van der Waals surface area contributed by atoms with Crippen molar-refractivity contribution in [1.82, 2.24) is 19.7 Å². The van der Waals surface area contributed by atoms with Gasteiger partial charge in [0.1, 0.15) is 0 Å². The number of rotatable bonds is 6. The quantitative estimate of drug-likeness (QED) is 0.884. The van der Waals surface area contributed by atoms with Gasteiger partial charge in [0.05, 0.1) is 18.8 Å². The van der Waals surface area contributed by atoms with Crippen molar-refractivity contribution in [3.63, 3.8) is 0 Å². The highest BCUT2D eigenvalue weighted by Crippen LogP contribution is 2.22. The van der Waals surface area contributed by atoms with E-state index in [1.165, 1.54) is 11.1 Å². The molecule has 1 atom stereocenters. The van der Waals surface area contributed by atoms with Crippen LogP contribution in [0.2, 0.25) is 0 Å². The topological polar surface area (TPSA) is 54.2 Å². The lowest BCUT2D eigenvalue weighted by Crippen LogP contribution is -2.22. The molecule has 2 rings (SSSR count). The molecule has 0 aliphatic heterocycles. The van der Waals surface area contributed by atoms with Gasteiger partial charge in [0.2, 0.25) is 0 Å². The molecule has 2 aromatic rings. The monoisotopic (exact) mass is 288 g/mol. The number of aliphatic hydroxyl groups excluding tert-OH is 1. The zero-order valence-electron chi connectivity index (χ0n) is 13.2. The Kier molecular flexibility index (Phi) is 5.09. The van der Waals surface area contributed by atoms with Crippen LogP contribution < -0.4 is 0 Å². The molecular formula is C16H24N4O. The van der Waals surface area contributed by atoms with Crippen LogP contribution in [-0.2, 0) is 13.1 Å². The van der Waals surface area contributed by atoms with Crippen LogP contribution in [-0.4, -0.2) is 38.4 Å². The summed E-state index contributed by atoms with van der Waals surface area (Å²) in [5.41, 5.74) is 4.61. The number of aromatic nitrogens is 3. The van der Waals surface area contributed by atoms with Crippen molar-refractivity contribution in [3.05, 3.63) is 47.0 Å². The predicted molar refractivity (Wildman–Crippen MR) is 82.9 cm³/mol. The number of pyridine rings is 1. The van der Waals surface area contributed by atoms with Crippen molar-refractivity contribution < 1.29 is 5.11 Å². The molecular weight excluding hydrogens is 264 g/mol. The lowest BCUT2D eigenvalue weighted by atomic mass is 10.1. The summed E-state index contributed by atoms with van der Waals surface area (Å²) in [5.74, 6) is 0. The van der Waals surface area contributed by atoms with E-state index in [4.69, 9.17) is 5.11 Å². The van der Waals surface area contributed by atoms with E-state index in [-0.39, 0.29) is 6.61 Å². The second-order valence-electron chi connectivity index (χ2n) is 5.47. The molecule has 0 aromatic carbocycles. The van der Waals surface area contributed by atoms with Crippen LogP contribution in [0.3, 0.4) is 0 Å². The predicted octanol–water partition coefficient (Wildman–Crippen LogP) is 2.08. The molecule has 0 unspecified atom stereocenters. The molecule has 0 bridgehead atoms. The molecule has 0 amide bonds. The van der Waals surface area contributed by atoms with E-state index in [0.29, 0.717) is 12.6 Å². The van der Waals surface area contributed by atoms with Crippen molar-refractivity contribution in [2.45, 2.75) is 39.9 Å². The van der Waals surface area contributed by atoms with E-state index < -0.39 is 0 Å². The number of aryl methyl sites for hydroxylation is 1. The van der Waals surface area contributed by atoms with Gasteiger partial charge in [0, 0.05) is 36.2 Å². The summed E-state index contributed by atoms with van der Waals surface area (Å²) >= 11 is 0. The molecule has 0 saturated carbocycles. The molecule has 0 radical (unpaired) electrons. The average molecular weight is 288 g/mol. The molecule has 5 heteroatoms. The van der Waals surface area contributed by atoms with Gasteiger partial charge in [-0.25, -0.2) is 0 Å². The molecule has 1 N–H and O–H groups in total. The van der Waals surface area contributed by atoms with Crippen molar-refractivity contribution in [2.24, 2.45) is 0 Å². The van der Waals surface area contributed by atoms with Gasteiger partial charge in [-0.05, 0) is 39.4 Å². The van der Waals surface area contributed by atoms with Crippen LogP contribution in [0.15, 0.2) is 24.5 Å². The van der Waals surface area contributed by atoms with Crippen LogP contribution in [0.25, 0.3) is 0 Å². The first-order valence-corrected chi connectivity index (χ1v) is 7.28. The largest absolute Gasteiger partial charge is 0.394 e. The number of aliphatic hydroxyl groups is 1. The van der Waals surface area contributed by atoms with Crippen LogP contribution in [0.1, 0.15) is 35.5 Å². The van der Waals surface area contributed by atoms with E-state index in [1.54, 1.807) is 6.20 Å². The van der Waals surface area contributed by atoms with Gasteiger partial charge in [-0.3, -0.25) is 14.6 Å². The molecule has 5 nitrogen and oxygen atoms in total. The molecule has 0 aliphatic rings. The van der Waals surface area contributed by atoms with E-state index in [0.717, 1.165) is 17.9 Å². The first kappa shape index (κ1) is 15.7. The third-order valence-electron chi connectivity index (χ3n) is 4.08. The Morgan fingerprint density at radius 2 is 2.14 bits per heavy atom. The van der Waals surface area contributed by atoms with Gasteiger partial charge in [-0.1, -0.05) is 6.07 Å². The SMILES string of the molecule is Cc1nn(CCO)c(C)c1CN(C)[C@@H](C)c1cccnc1. The van der Waals surface area contributed by atoms with Gasteiger partial charge in [0.15, 0.2) is 0 Å². The fourth-order valence-electron chi connectivity index (χ4n) is 2.54. The van der Waals surface area contributed by atoms with Gasteiger partial charge >= 0.3 is 0 Å². The first-order valence-electron chi connectivity index (χ1n) is 7.28. The number of hydrogen-bond donors (Lipinski definition) is 1. The standard InChI is InChI=1S/C16H24N4O/c1-12-16(14(3)20(18-12)8-9-21)11-19(4)13(2)15-6-5-7-17-10-15/h5-7,10,13,21H,8-9,11H2,1-4H3/t13-/m0/s1. The first-order chi connectivity index (χ1) is 10.0. The van der Waals surface area contributed by atoms with E-state index in [2.05, 4.69) is 41.9 Å². The van der Waals surface area contributed by atoms with E-state index in [1.807, 2.05) is 23.9 Å². The van der Waals surface area contributed by atoms with Crippen molar-refractivity contribution in [2.75, 3.05) is 13.7 Å². The van der Waals surface area contributed by atoms with Gasteiger partial charge in [-0.15, -0.1) is 0 Å². The third kappa shape index (κ3) is 3.49. The highest BCUT2D eigenvalue weighted by atomic mass is 16.3. The average Bonchev–Trinajstić information content (AvgIpc) is 2.75.